The van der Waals surface area contributed by atoms with Crippen LogP contribution in [0.3, 0.4) is 0 Å². The quantitative estimate of drug-likeness (QED) is 0.442. The van der Waals surface area contributed by atoms with Crippen LogP contribution in [0.2, 0.25) is 0 Å². The van der Waals surface area contributed by atoms with E-state index in [2.05, 4.69) is 24.5 Å². The van der Waals surface area contributed by atoms with Gasteiger partial charge >= 0.3 is 6.20 Å². The van der Waals surface area contributed by atoms with Crippen molar-refractivity contribution in [1.29, 1.82) is 0 Å². The summed E-state index contributed by atoms with van der Waals surface area (Å²) < 4.78 is 0. The fourth-order valence-corrected chi connectivity index (χ4v) is 0.657. The molecule has 1 nitrogen and oxygen atoms in total. The molecule has 1 heteroatoms. The highest BCUT2D eigenvalue weighted by Gasteiger charge is 2.09. The van der Waals surface area contributed by atoms with Crippen molar-refractivity contribution in [3.8, 4) is 0 Å². The number of nitrogens with one attached hydrogen (secondary N) is 1. The van der Waals surface area contributed by atoms with Crippen molar-refractivity contribution in [2.45, 2.75) is 13.3 Å². The Hall–Kier alpha value is -0.550. The van der Waals surface area contributed by atoms with Crippen molar-refractivity contribution >= 4 is 0 Å². The molecule has 0 aromatic carbocycles. The van der Waals surface area contributed by atoms with Crippen LogP contribution in [-0.4, -0.2) is 6.54 Å². The van der Waals surface area contributed by atoms with Crippen LogP contribution in [0.1, 0.15) is 13.3 Å². The predicted molar refractivity (Wildman–Crippen MR) is 29.6 cm³/mol. The zero-order valence-electron chi connectivity index (χ0n) is 4.57. The van der Waals surface area contributed by atoms with Crippen molar-refractivity contribution in [1.82, 2.24) is 5.32 Å². The van der Waals surface area contributed by atoms with Gasteiger partial charge in [-0.2, -0.15) is 5.32 Å². The second-order valence-corrected chi connectivity index (χ2v) is 2.00. The van der Waals surface area contributed by atoms with E-state index in [9.17, 15) is 0 Å². The van der Waals surface area contributed by atoms with Gasteiger partial charge in [0.25, 0.3) is 0 Å². The summed E-state index contributed by atoms with van der Waals surface area (Å²) >= 11 is 0. The lowest BCUT2D eigenvalue weighted by atomic mass is 10.1. The second kappa shape index (κ2) is 1.94. The summed E-state index contributed by atoms with van der Waals surface area (Å²) in [7, 11) is 0. The first-order valence-corrected chi connectivity index (χ1v) is 2.71. The van der Waals surface area contributed by atoms with Crippen LogP contribution in [0.25, 0.3) is 0 Å². The molecular weight excluding hydrogens is 86.1 g/mol. The maximum atomic E-state index is 3.01. The molecule has 1 aliphatic heterocycles. The molecular formula is C6H10N+. The number of hydrogen-bond acceptors (Lipinski definition) is 1. The van der Waals surface area contributed by atoms with Gasteiger partial charge in [-0.15, -0.1) is 0 Å². The molecule has 0 bridgehead atoms. The first kappa shape index (κ1) is 4.61. The van der Waals surface area contributed by atoms with Crippen LogP contribution < -0.4 is 5.32 Å². The zero-order chi connectivity index (χ0) is 5.11. The molecule has 7 heavy (non-hydrogen) atoms. The largest absolute Gasteiger partial charge is 0.362 e. The fourth-order valence-electron chi connectivity index (χ4n) is 0.657. The average molecular weight is 96.2 g/mol. The van der Waals surface area contributed by atoms with Gasteiger partial charge in [0.2, 0.25) is 0 Å². The van der Waals surface area contributed by atoms with E-state index in [0.717, 1.165) is 12.5 Å². The van der Waals surface area contributed by atoms with Crippen LogP contribution in [0.15, 0.2) is 6.08 Å². The summed E-state index contributed by atoms with van der Waals surface area (Å²) in [5.74, 6) is 0.737. The molecule has 0 fully saturated rings. The van der Waals surface area contributed by atoms with E-state index in [1.807, 2.05) is 0 Å². The minimum atomic E-state index is 0.737. The van der Waals surface area contributed by atoms with E-state index in [0.29, 0.717) is 0 Å². The third-order valence-corrected chi connectivity index (χ3v) is 1.19. The maximum absolute atomic E-state index is 3.01. The molecule has 0 aromatic rings. The molecule has 0 spiro atoms. The fraction of sp³-hybridized carbons (Fsp3) is 0.667. The summed E-state index contributed by atoms with van der Waals surface area (Å²) in [5, 5.41) is 3.01. The molecule has 0 saturated heterocycles. The molecule has 1 heterocycles. The molecule has 0 saturated carbocycles. The lowest BCUT2D eigenvalue weighted by Crippen LogP contribution is -2.15. The van der Waals surface area contributed by atoms with Crippen LogP contribution in [0, 0.1) is 12.1 Å². The number of rotatable bonds is 0. The van der Waals surface area contributed by atoms with Crippen LogP contribution >= 0.6 is 0 Å². The molecule has 0 amide bonds. The Morgan fingerprint density at radius 2 is 2.71 bits per heavy atom. The van der Waals surface area contributed by atoms with Crippen molar-refractivity contribution < 1.29 is 0 Å². The van der Waals surface area contributed by atoms with E-state index in [1.54, 1.807) is 0 Å². The first-order valence-electron chi connectivity index (χ1n) is 2.71. The van der Waals surface area contributed by atoms with Crippen molar-refractivity contribution in [3.63, 3.8) is 0 Å². The van der Waals surface area contributed by atoms with Crippen LogP contribution in [0.5, 0.6) is 0 Å². The van der Waals surface area contributed by atoms with Crippen molar-refractivity contribution in [2.75, 3.05) is 6.54 Å². The molecule has 1 aliphatic rings. The van der Waals surface area contributed by atoms with Gasteiger partial charge in [0.1, 0.15) is 0 Å². The third-order valence-electron chi connectivity index (χ3n) is 1.19. The van der Waals surface area contributed by atoms with E-state index in [-0.39, 0.29) is 0 Å². The zero-order valence-corrected chi connectivity index (χ0v) is 4.57. The molecule has 1 N–H and O–H groups in total. The third kappa shape index (κ3) is 1.17. The normalized spacial score (nSPS) is 28.4. The van der Waals surface area contributed by atoms with Gasteiger partial charge in [0, 0.05) is 5.92 Å². The topological polar surface area (TPSA) is 12.0 Å². The Morgan fingerprint density at radius 1 is 1.86 bits per heavy atom. The van der Waals surface area contributed by atoms with Gasteiger partial charge in [0.15, 0.2) is 6.08 Å². The van der Waals surface area contributed by atoms with Crippen LogP contribution in [0.4, 0.5) is 0 Å². The van der Waals surface area contributed by atoms with E-state index >= 15 is 0 Å². The summed E-state index contributed by atoms with van der Waals surface area (Å²) in [6.07, 6.45) is 6.29. The Bertz CT molecular complexity index is 76.2. The molecule has 0 radical (unpaired) electrons. The summed E-state index contributed by atoms with van der Waals surface area (Å²) in [5.41, 5.74) is 0. The van der Waals surface area contributed by atoms with Gasteiger partial charge in [-0.05, 0) is 6.42 Å². The standard InChI is InChI=1S/C6H10N/c1-6-2-4-7-5-3-6/h2,6-7H,3,5H2,1H3/q+1. The SMILES string of the molecule is CC1C=[C+]NCC1. The second-order valence-electron chi connectivity index (χ2n) is 2.00. The van der Waals surface area contributed by atoms with Gasteiger partial charge in [-0.3, -0.25) is 0 Å². The Labute approximate surface area is 44.4 Å². The lowest BCUT2D eigenvalue weighted by Gasteiger charge is -1.99. The van der Waals surface area contributed by atoms with Crippen molar-refractivity contribution in [2.24, 2.45) is 5.92 Å². The number of hydrogen-bond donors (Lipinski definition) is 1. The Balaban J connectivity index is 2.36. The Morgan fingerprint density at radius 3 is 3.00 bits per heavy atom. The molecule has 38 valence electrons. The minimum Gasteiger partial charge on any atom is -0.186 e. The minimum absolute atomic E-state index is 0.737. The summed E-state index contributed by atoms with van der Waals surface area (Å²) in [6.45, 7) is 3.30. The molecule has 1 unspecified atom stereocenters. The highest BCUT2D eigenvalue weighted by molar-refractivity contribution is 4.83. The summed E-state index contributed by atoms with van der Waals surface area (Å²) in [4.78, 5) is 0. The summed E-state index contributed by atoms with van der Waals surface area (Å²) in [6, 6.07) is 0. The van der Waals surface area contributed by atoms with Crippen molar-refractivity contribution in [3.05, 3.63) is 12.3 Å². The smallest absolute Gasteiger partial charge is 0.186 e. The number of allylic oxidation sites excluding steroid dienone is 1. The van der Waals surface area contributed by atoms with Gasteiger partial charge in [0.05, 0.1) is 6.54 Å². The molecule has 0 aliphatic carbocycles. The average Bonchev–Trinajstić information content (AvgIpc) is 1.69. The monoisotopic (exact) mass is 96.1 g/mol. The molecule has 1 atom stereocenters. The predicted octanol–water partition coefficient (Wildman–Crippen LogP) is 0.933. The van der Waals surface area contributed by atoms with Gasteiger partial charge in [-0.1, -0.05) is 6.92 Å². The highest BCUT2D eigenvalue weighted by atomic mass is 14.8. The lowest BCUT2D eigenvalue weighted by molar-refractivity contribution is 0.580. The van der Waals surface area contributed by atoms with E-state index in [4.69, 9.17) is 0 Å². The van der Waals surface area contributed by atoms with Gasteiger partial charge < -0.3 is 0 Å². The van der Waals surface area contributed by atoms with Crippen LogP contribution in [-0.2, 0) is 0 Å². The van der Waals surface area contributed by atoms with E-state index in [1.165, 1.54) is 6.42 Å². The van der Waals surface area contributed by atoms with E-state index < -0.39 is 0 Å². The first-order chi connectivity index (χ1) is 3.39. The molecule has 0 aromatic heterocycles. The molecule has 1 rings (SSSR count). The maximum Gasteiger partial charge on any atom is 0.362 e. The van der Waals surface area contributed by atoms with Gasteiger partial charge in [-0.25, -0.2) is 0 Å². The Kier molecular flexibility index (Phi) is 1.28. The highest BCUT2D eigenvalue weighted by Crippen LogP contribution is 2.03.